The number of nitrogens with zero attached hydrogens (tertiary/aromatic N) is 1. The van der Waals surface area contributed by atoms with Gasteiger partial charge in [0.05, 0.1) is 0 Å². The highest BCUT2D eigenvalue weighted by molar-refractivity contribution is 5.85. The number of aromatic amines is 1. The van der Waals surface area contributed by atoms with E-state index in [1.807, 2.05) is 0 Å². The first-order chi connectivity index (χ1) is 8.81. The molecule has 0 saturated carbocycles. The van der Waals surface area contributed by atoms with Gasteiger partial charge in [0.25, 0.3) is 0 Å². The van der Waals surface area contributed by atoms with Crippen LogP contribution in [0.3, 0.4) is 0 Å². The first-order valence-electron chi connectivity index (χ1n) is 7.15. The fourth-order valence-electron chi connectivity index (χ4n) is 3.71. The summed E-state index contributed by atoms with van der Waals surface area (Å²) in [5, 5.41) is 1.45. The quantitative estimate of drug-likeness (QED) is 0.748. The van der Waals surface area contributed by atoms with Gasteiger partial charge in [-0.1, -0.05) is 18.1 Å². The lowest BCUT2D eigenvalue weighted by Gasteiger charge is -2.39. The molecule has 0 bridgehead atoms. The van der Waals surface area contributed by atoms with Gasteiger partial charge in [-0.05, 0) is 44.0 Å². The van der Waals surface area contributed by atoms with E-state index in [0.717, 1.165) is 12.6 Å². The Morgan fingerprint density at radius 1 is 1.28 bits per heavy atom. The van der Waals surface area contributed by atoms with Gasteiger partial charge >= 0.3 is 0 Å². The number of hydrogen-bond acceptors (Lipinski definition) is 1. The number of nitrogens with one attached hydrogen (secondary N) is 1. The van der Waals surface area contributed by atoms with E-state index in [1.165, 1.54) is 54.4 Å². The maximum absolute atomic E-state index is 3.65. The van der Waals surface area contributed by atoms with Crippen molar-refractivity contribution < 1.29 is 0 Å². The summed E-state index contributed by atoms with van der Waals surface area (Å²) in [7, 11) is 0. The highest BCUT2D eigenvalue weighted by atomic mass is 15.2. The smallest absolute Gasteiger partial charge is 0.0459 e. The predicted octanol–water partition coefficient (Wildman–Crippen LogP) is 3.39. The highest BCUT2D eigenvalue weighted by Gasteiger charge is 2.30. The van der Waals surface area contributed by atoms with E-state index in [9.17, 15) is 0 Å². The molecular weight excluding hydrogens is 220 g/mol. The zero-order valence-electron chi connectivity index (χ0n) is 11.0. The number of hydrogen-bond donors (Lipinski definition) is 1. The number of aromatic nitrogens is 1. The molecule has 1 atom stereocenters. The molecular formula is C16H20N2. The van der Waals surface area contributed by atoms with Gasteiger partial charge in [0.1, 0.15) is 0 Å². The van der Waals surface area contributed by atoms with Crippen molar-refractivity contribution in [2.75, 3.05) is 6.54 Å². The zero-order chi connectivity index (χ0) is 12.1. The average Bonchev–Trinajstić information content (AvgIpc) is 2.73. The molecule has 2 aliphatic rings. The minimum atomic E-state index is 0.792. The number of H-pyrrole nitrogens is 1. The predicted molar refractivity (Wildman–Crippen MR) is 74.8 cm³/mol. The molecule has 2 heteroatoms. The van der Waals surface area contributed by atoms with Crippen LogP contribution in [0.25, 0.3) is 10.9 Å². The minimum Gasteiger partial charge on any atom is -0.358 e. The van der Waals surface area contributed by atoms with E-state index in [2.05, 4.69) is 35.0 Å². The van der Waals surface area contributed by atoms with Crippen LogP contribution in [-0.4, -0.2) is 22.5 Å². The number of aryl methyl sites for hydroxylation is 1. The van der Waals surface area contributed by atoms with Crippen LogP contribution in [0.15, 0.2) is 18.2 Å². The van der Waals surface area contributed by atoms with Crippen LogP contribution >= 0.6 is 0 Å². The van der Waals surface area contributed by atoms with E-state index in [-0.39, 0.29) is 0 Å². The molecule has 4 rings (SSSR count). The molecule has 1 fully saturated rings. The van der Waals surface area contributed by atoms with Crippen molar-refractivity contribution in [3.05, 3.63) is 35.0 Å². The van der Waals surface area contributed by atoms with E-state index in [1.54, 1.807) is 5.56 Å². The third-order valence-electron chi connectivity index (χ3n) is 4.70. The summed E-state index contributed by atoms with van der Waals surface area (Å²) in [5.41, 5.74) is 5.75. The van der Waals surface area contributed by atoms with Crippen molar-refractivity contribution in [1.29, 1.82) is 0 Å². The Hall–Kier alpha value is -1.28. The van der Waals surface area contributed by atoms with Crippen molar-refractivity contribution in [1.82, 2.24) is 9.88 Å². The average molecular weight is 240 g/mol. The maximum atomic E-state index is 3.65. The molecule has 3 heterocycles. The summed E-state index contributed by atoms with van der Waals surface area (Å²) in [6.07, 6.45) is 5.40. The van der Waals surface area contributed by atoms with Crippen LogP contribution in [0.5, 0.6) is 0 Å². The molecule has 0 amide bonds. The van der Waals surface area contributed by atoms with Gasteiger partial charge in [0, 0.05) is 35.6 Å². The van der Waals surface area contributed by atoms with E-state index in [0.29, 0.717) is 0 Å². The molecule has 0 spiro atoms. The lowest BCUT2D eigenvalue weighted by atomic mass is 9.91. The lowest BCUT2D eigenvalue weighted by Crippen LogP contribution is -2.43. The molecule has 1 N–H and O–H groups in total. The molecule has 1 saturated heterocycles. The molecule has 1 unspecified atom stereocenters. The summed E-state index contributed by atoms with van der Waals surface area (Å²) >= 11 is 0. The minimum absolute atomic E-state index is 0.792. The second-order valence-corrected chi connectivity index (χ2v) is 5.96. The van der Waals surface area contributed by atoms with Crippen molar-refractivity contribution in [3.8, 4) is 0 Å². The third kappa shape index (κ3) is 1.52. The summed E-state index contributed by atoms with van der Waals surface area (Å²) in [6, 6.07) is 7.58. The van der Waals surface area contributed by atoms with Crippen LogP contribution in [0.1, 0.15) is 36.1 Å². The largest absolute Gasteiger partial charge is 0.358 e. The molecule has 0 aliphatic carbocycles. The molecule has 1 aromatic carbocycles. The second kappa shape index (κ2) is 3.86. The number of fused-ring (bicyclic) bond motifs is 4. The number of benzene rings is 1. The Kier molecular flexibility index (Phi) is 2.28. The molecule has 0 radical (unpaired) electrons. The van der Waals surface area contributed by atoms with E-state index in [4.69, 9.17) is 0 Å². The number of piperidine rings is 1. The van der Waals surface area contributed by atoms with Crippen molar-refractivity contribution in [2.24, 2.45) is 0 Å². The summed E-state index contributed by atoms with van der Waals surface area (Å²) in [6.45, 7) is 4.64. The highest BCUT2D eigenvalue weighted by Crippen LogP contribution is 2.33. The zero-order valence-corrected chi connectivity index (χ0v) is 11.0. The monoisotopic (exact) mass is 240 g/mol. The van der Waals surface area contributed by atoms with Gasteiger partial charge in [0.2, 0.25) is 0 Å². The normalized spacial score (nSPS) is 23.9. The Balaban J connectivity index is 1.83. The van der Waals surface area contributed by atoms with Crippen LogP contribution in [0.2, 0.25) is 0 Å². The van der Waals surface area contributed by atoms with Crippen LogP contribution < -0.4 is 0 Å². The molecule has 1 aromatic heterocycles. The molecule has 2 aliphatic heterocycles. The lowest BCUT2D eigenvalue weighted by molar-refractivity contribution is 0.127. The maximum Gasteiger partial charge on any atom is 0.0459 e. The Morgan fingerprint density at radius 2 is 2.22 bits per heavy atom. The Labute approximate surface area is 108 Å². The van der Waals surface area contributed by atoms with Gasteiger partial charge in [-0.2, -0.15) is 0 Å². The molecule has 94 valence electrons. The number of rotatable bonds is 0. The van der Waals surface area contributed by atoms with Crippen LogP contribution in [0.4, 0.5) is 0 Å². The van der Waals surface area contributed by atoms with Gasteiger partial charge in [-0.25, -0.2) is 0 Å². The van der Waals surface area contributed by atoms with Gasteiger partial charge < -0.3 is 4.98 Å². The van der Waals surface area contributed by atoms with Gasteiger partial charge in [-0.3, -0.25) is 4.90 Å². The van der Waals surface area contributed by atoms with Gasteiger partial charge in [0.15, 0.2) is 0 Å². The van der Waals surface area contributed by atoms with Crippen LogP contribution in [-0.2, 0) is 13.0 Å². The second-order valence-electron chi connectivity index (χ2n) is 5.96. The summed E-state index contributed by atoms with van der Waals surface area (Å²) in [4.78, 5) is 6.35. The van der Waals surface area contributed by atoms with Crippen molar-refractivity contribution in [2.45, 2.75) is 45.2 Å². The third-order valence-corrected chi connectivity index (χ3v) is 4.70. The summed E-state index contributed by atoms with van der Waals surface area (Å²) in [5.74, 6) is 0. The first-order valence-corrected chi connectivity index (χ1v) is 7.15. The fourth-order valence-corrected chi connectivity index (χ4v) is 3.71. The molecule has 2 aromatic rings. The molecule has 2 nitrogen and oxygen atoms in total. The Bertz CT molecular complexity index is 596. The fraction of sp³-hybridized carbons (Fsp3) is 0.500. The van der Waals surface area contributed by atoms with E-state index < -0.39 is 0 Å². The SMILES string of the molecule is Cc1ccc2[nH]c3c(c2c1)CN1CCCCC1C3. The van der Waals surface area contributed by atoms with Gasteiger partial charge in [-0.15, -0.1) is 0 Å². The standard InChI is InChI=1S/C16H20N2/c1-11-5-6-15-13(8-11)14-10-18-7-3-2-4-12(18)9-16(14)17-15/h5-6,8,12,17H,2-4,7,9-10H2,1H3. The first kappa shape index (κ1) is 10.6. The Morgan fingerprint density at radius 3 is 3.17 bits per heavy atom. The van der Waals surface area contributed by atoms with Crippen molar-refractivity contribution in [3.63, 3.8) is 0 Å². The van der Waals surface area contributed by atoms with Crippen molar-refractivity contribution >= 4 is 10.9 Å². The molecule has 18 heavy (non-hydrogen) atoms. The summed E-state index contributed by atoms with van der Waals surface area (Å²) < 4.78 is 0. The van der Waals surface area contributed by atoms with Crippen LogP contribution in [0, 0.1) is 6.92 Å². The topological polar surface area (TPSA) is 19.0 Å². The van der Waals surface area contributed by atoms with E-state index >= 15 is 0 Å².